The summed E-state index contributed by atoms with van der Waals surface area (Å²) in [5.74, 6) is 0. The van der Waals surface area contributed by atoms with Gasteiger partial charge in [0.05, 0.1) is 12.5 Å². The van der Waals surface area contributed by atoms with E-state index >= 15 is 0 Å². The maximum Gasteiger partial charge on any atom is 0.0641 e. The molecule has 0 saturated heterocycles. The van der Waals surface area contributed by atoms with E-state index in [9.17, 15) is 0 Å². The molecule has 0 radical (unpaired) electrons. The van der Waals surface area contributed by atoms with Crippen molar-refractivity contribution >= 4 is 11.6 Å². The second-order valence-electron chi connectivity index (χ2n) is 2.76. The summed E-state index contributed by atoms with van der Waals surface area (Å²) < 4.78 is 0. The van der Waals surface area contributed by atoms with Gasteiger partial charge in [-0.3, -0.25) is 0 Å². The van der Waals surface area contributed by atoms with Crippen LogP contribution in [0.3, 0.4) is 0 Å². The standard InChI is InChI=1S/C10H11ClN2/c1-13-10(6-7-12)8-2-4-9(11)5-3-8/h2-5,10,13H,6H2,1H3. The number of hydrogen-bond acceptors (Lipinski definition) is 2. The van der Waals surface area contributed by atoms with Crippen molar-refractivity contribution in [1.82, 2.24) is 5.32 Å². The third-order valence-corrected chi connectivity index (χ3v) is 2.17. The van der Waals surface area contributed by atoms with Crippen molar-refractivity contribution in [2.24, 2.45) is 0 Å². The summed E-state index contributed by atoms with van der Waals surface area (Å²) in [5, 5.41) is 12.4. The molecule has 1 rings (SSSR count). The molecular weight excluding hydrogens is 184 g/mol. The Balaban J connectivity index is 2.80. The van der Waals surface area contributed by atoms with E-state index in [-0.39, 0.29) is 6.04 Å². The van der Waals surface area contributed by atoms with Crippen molar-refractivity contribution in [3.8, 4) is 6.07 Å². The Labute approximate surface area is 83.1 Å². The van der Waals surface area contributed by atoms with Crippen LogP contribution in [0.2, 0.25) is 5.02 Å². The topological polar surface area (TPSA) is 35.8 Å². The third kappa shape index (κ3) is 2.73. The van der Waals surface area contributed by atoms with Gasteiger partial charge < -0.3 is 5.32 Å². The van der Waals surface area contributed by atoms with Gasteiger partial charge in [0, 0.05) is 11.1 Å². The highest BCUT2D eigenvalue weighted by atomic mass is 35.5. The summed E-state index contributed by atoms with van der Waals surface area (Å²) in [6.07, 6.45) is 0.470. The van der Waals surface area contributed by atoms with Crippen molar-refractivity contribution in [3.63, 3.8) is 0 Å². The van der Waals surface area contributed by atoms with Crippen molar-refractivity contribution in [3.05, 3.63) is 34.9 Å². The van der Waals surface area contributed by atoms with Crippen molar-refractivity contribution < 1.29 is 0 Å². The highest BCUT2D eigenvalue weighted by molar-refractivity contribution is 6.30. The Bertz CT molecular complexity index is 300. The van der Waals surface area contributed by atoms with Crippen LogP contribution in [0.4, 0.5) is 0 Å². The molecule has 0 aromatic heterocycles. The zero-order valence-corrected chi connectivity index (χ0v) is 8.17. The maximum atomic E-state index is 8.57. The van der Waals surface area contributed by atoms with Crippen LogP contribution in [0.25, 0.3) is 0 Å². The van der Waals surface area contributed by atoms with Gasteiger partial charge in [0.1, 0.15) is 0 Å². The Kier molecular flexibility index (Phi) is 3.75. The first-order valence-electron chi connectivity index (χ1n) is 4.07. The van der Waals surface area contributed by atoms with E-state index in [4.69, 9.17) is 16.9 Å². The monoisotopic (exact) mass is 194 g/mol. The number of nitrogens with one attached hydrogen (secondary N) is 1. The first kappa shape index (κ1) is 10.0. The second kappa shape index (κ2) is 4.86. The minimum Gasteiger partial charge on any atom is -0.312 e. The van der Waals surface area contributed by atoms with E-state index in [2.05, 4.69) is 11.4 Å². The summed E-state index contributed by atoms with van der Waals surface area (Å²) in [4.78, 5) is 0. The average molecular weight is 195 g/mol. The fourth-order valence-corrected chi connectivity index (χ4v) is 1.30. The van der Waals surface area contributed by atoms with Gasteiger partial charge in [0.25, 0.3) is 0 Å². The van der Waals surface area contributed by atoms with Gasteiger partial charge in [-0.05, 0) is 24.7 Å². The fourth-order valence-electron chi connectivity index (χ4n) is 1.17. The number of nitrogens with zero attached hydrogens (tertiary/aromatic N) is 1. The van der Waals surface area contributed by atoms with Crippen molar-refractivity contribution in [1.29, 1.82) is 5.26 Å². The predicted octanol–water partition coefficient (Wildman–Crippen LogP) is 2.51. The minimum atomic E-state index is 0.0993. The summed E-state index contributed by atoms with van der Waals surface area (Å²) in [6, 6.07) is 9.76. The fraction of sp³-hybridized carbons (Fsp3) is 0.300. The van der Waals surface area contributed by atoms with E-state index < -0.39 is 0 Å². The van der Waals surface area contributed by atoms with Gasteiger partial charge in [-0.25, -0.2) is 0 Å². The first-order valence-corrected chi connectivity index (χ1v) is 4.45. The SMILES string of the molecule is CNC(CC#N)c1ccc(Cl)cc1. The number of rotatable bonds is 3. The highest BCUT2D eigenvalue weighted by Crippen LogP contribution is 2.18. The second-order valence-corrected chi connectivity index (χ2v) is 3.19. The lowest BCUT2D eigenvalue weighted by Gasteiger charge is -2.12. The summed E-state index contributed by atoms with van der Waals surface area (Å²) in [6.45, 7) is 0. The molecule has 68 valence electrons. The molecule has 1 aromatic rings. The lowest BCUT2D eigenvalue weighted by atomic mass is 10.1. The van der Waals surface area contributed by atoms with E-state index in [0.717, 1.165) is 10.6 Å². The molecule has 0 heterocycles. The molecule has 1 unspecified atom stereocenters. The van der Waals surface area contributed by atoms with Gasteiger partial charge in [0.15, 0.2) is 0 Å². The Hall–Kier alpha value is -1.04. The van der Waals surface area contributed by atoms with Gasteiger partial charge >= 0.3 is 0 Å². The Morgan fingerprint density at radius 3 is 2.54 bits per heavy atom. The number of hydrogen-bond donors (Lipinski definition) is 1. The lowest BCUT2D eigenvalue weighted by Crippen LogP contribution is -2.15. The molecule has 0 aliphatic carbocycles. The van der Waals surface area contributed by atoms with Crippen molar-refractivity contribution in [2.75, 3.05) is 7.05 Å². The molecule has 2 nitrogen and oxygen atoms in total. The number of benzene rings is 1. The molecule has 1 atom stereocenters. The number of halogens is 1. The van der Waals surface area contributed by atoms with Crippen molar-refractivity contribution in [2.45, 2.75) is 12.5 Å². The number of nitriles is 1. The van der Waals surface area contributed by atoms with Gasteiger partial charge in [-0.1, -0.05) is 23.7 Å². The summed E-state index contributed by atoms with van der Waals surface area (Å²) >= 11 is 5.75. The largest absolute Gasteiger partial charge is 0.312 e. The highest BCUT2D eigenvalue weighted by Gasteiger charge is 2.07. The Morgan fingerprint density at radius 2 is 2.08 bits per heavy atom. The normalized spacial score (nSPS) is 12.1. The first-order chi connectivity index (χ1) is 6.27. The molecule has 0 saturated carbocycles. The molecule has 0 amide bonds. The van der Waals surface area contributed by atoms with E-state index in [1.165, 1.54) is 0 Å². The molecule has 0 bridgehead atoms. The summed E-state index contributed by atoms with van der Waals surface area (Å²) in [5.41, 5.74) is 1.09. The third-order valence-electron chi connectivity index (χ3n) is 1.92. The maximum absolute atomic E-state index is 8.57. The zero-order valence-electron chi connectivity index (χ0n) is 7.42. The molecular formula is C10H11ClN2. The molecule has 1 aromatic carbocycles. The molecule has 0 fully saturated rings. The van der Waals surface area contributed by atoms with E-state index in [0.29, 0.717) is 6.42 Å². The van der Waals surface area contributed by atoms with Crippen LogP contribution in [0.5, 0.6) is 0 Å². The van der Waals surface area contributed by atoms with E-state index in [1.807, 2.05) is 31.3 Å². The molecule has 0 aliphatic heterocycles. The van der Waals surface area contributed by atoms with Gasteiger partial charge in [0.2, 0.25) is 0 Å². The molecule has 0 spiro atoms. The Morgan fingerprint density at radius 1 is 1.46 bits per heavy atom. The van der Waals surface area contributed by atoms with Crippen LogP contribution in [0, 0.1) is 11.3 Å². The predicted molar refractivity (Wildman–Crippen MR) is 53.5 cm³/mol. The van der Waals surface area contributed by atoms with E-state index in [1.54, 1.807) is 0 Å². The quantitative estimate of drug-likeness (QED) is 0.803. The molecule has 0 aliphatic rings. The summed E-state index contributed by atoms with van der Waals surface area (Å²) in [7, 11) is 1.84. The van der Waals surface area contributed by atoms with Crippen LogP contribution < -0.4 is 5.32 Å². The molecule has 13 heavy (non-hydrogen) atoms. The lowest BCUT2D eigenvalue weighted by molar-refractivity contribution is 0.608. The van der Waals surface area contributed by atoms with Crippen LogP contribution in [0.1, 0.15) is 18.0 Å². The minimum absolute atomic E-state index is 0.0993. The van der Waals surface area contributed by atoms with Crippen LogP contribution in [0.15, 0.2) is 24.3 Å². The van der Waals surface area contributed by atoms with Crippen LogP contribution in [-0.2, 0) is 0 Å². The van der Waals surface area contributed by atoms with Crippen LogP contribution in [-0.4, -0.2) is 7.05 Å². The zero-order chi connectivity index (χ0) is 9.68. The molecule has 3 heteroatoms. The van der Waals surface area contributed by atoms with Gasteiger partial charge in [-0.15, -0.1) is 0 Å². The van der Waals surface area contributed by atoms with Crippen LogP contribution >= 0.6 is 11.6 Å². The average Bonchev–Trinajstić information content (AvgIpc) is 2.16. The van der Waals surface area contributed by atoms with Gasteiger partial charge in [-0.2, -0.15) is 5.26 Å². The smallest absolute Gasteiger partial charge is 0.0641 e. The molecule has 1 N–H and O–H groups in total.